The van der Waals surface area contributed by atoms with Crippen LogP contribution in [-0.4, -0.2) is 38.3 Å². The molecule has 0 aliphatic carbocycles. The Hall–Kier alpha value is -1.75. The molecule has 2 rings (SSSR count). The third kappa shape index (κ3) is 4.93. The van der Waals surface area contributed by atoms with Gasteiger partial charge in [-0.25, -0.2) is 0 Å². The van der Waals surface area contributed by atoms with Gasteiger partial charge < -0.3 is 20.1 Å². The van der Waals surface area contributed by atoms with Gasteiger partial charge in [0, 0.05) is 19.8 Å². The van der Waals surface area contributed by atoms with Crippen LogP contribution in [0.25, 0.3) is 0 Å². The number of amides is 1. The third-order valence-electron chi connectivity index (χ3n) is 3.33. The second-order valence-corrected chi connectivity index (χ2v) is 5.09. The Bertz CT molecular complexity index is 451. The molecule has 1 unspecified atom stereocenters. The van der Waals surface area contributed by atoms with E-state index in [4.69, 9.17) is 9.47 Å². The molecule has 1 aliphatic heterocycles. The number of ether oxygens (including phenoxy) is 2. The highest BCUT2D eigenvalue weighted by Crippen LogP contribution is 2.28. The summed E-state index contributed by atoms with van der Waals surface area (Å²) >= 11 is 0. The summed E-state index contributed by atoms with van der Waals surface area (Å²) < 4.78 is 11.2. The Balaban J connectivity index is 1.64. The van der Waals surface area contributed by atoms with E-state index in [-0.39, 0.29) is 5.91 Å². The summed E-state index contributed by atoms with van der Waals surface area (Å²) in [5, 5.41) is 6.10. The van der Waals surface area contributed by atoms with Crippen molar-refractivity contribution in [1.29, 1.82) is 0 Å². The Labute approximate surface area is 126 Å². The van der Waals surface area contributed by atoms with Gasteiger partial charge in [-0.1, -0.05) is 25.5 Å². The SMILES string of the molecule is CCCCOCCCNC(=O)C1CNc2ccccc2O1. The fourth-order valence-electron chi connectivity index (χ4n) is 2.11. The van der Waals surface area contributed by atoms with Crippen molar-refractivity contribution < 1.29 is 14.3 Å². The summed E-state index contributed by atoms with van der Waals surface area (Å²) in [7, 11) is 0. The van der Waals surface area contributed by atoms with Gasteiger partial charge in [0.15, 0.2) is 6.10 Å². The number of hydrogen-bond acceptors (Lipinski definition) is 4. The lowest BCUT2D eigenvalue weighted by molar-refractivity contribution is -0.127. The molecule has 1 heterocycles. The number of nitrogens with one attached hydrogen (secondary N) is 2. The van der Waals surface area contributed by atoms with Crippen LogP contribution in [0.4, 0.5) is 5.69 Å². The minimum Gasteiger partial charge on any atom is -0.477 e. The number of benzene rings is 1. The Morgan fingerprint density at radius 3 is 3.05 bits per heavy atom. The topological polar surface area (TPSA) is 59.6 Å². The number of fused-ring (bicyclic) bond motifs is 1. The molecule has 1 atom stereocenters. The summed E-state index contributed by atoms with van der Waals surface area (Å²) in [5.41, 5.74) is 0.936. The fourth-order valence-corrected chi connectivity index (χ4v) is 2.11. The molecule has 116 valence electrons. The molecule has 0 bridgehead atoms. The minimum atomic E-state index is -0.471. The number of rotatable bonds is 8. The van der Waals surface area contributed by atoms with Crippen molar-refractivity contribution in [3.8, 4) is 5.75 Å². The predicted octanol–water partition coefficient (Wildman–Crippen LogP) is 2.18. The highest BCUT2D eigenvalue weighted by Gasteiger charge is 2.25. The Kier molecular flexibility index (Phi) is 6.34. The number of para-hydroxylation sites is 2. The number of anilines is 1. The van der Waals surface area contributed by atoms with E-state index in [1.807, 2.05) is 24.3 Å². The zero-order valence-electron chi connectivity index (χ0n) is 12.6. The minimum absolute atomic E-state index is 0.0782. The van der Waals surface area contributed by atoms with Gasteiger partial charge in [-0.15, -0.1) is 0 Å². The normalized spacial score (nSPS) is 16.5. The summed E-state index contributed by atoms with van der Waals surface area (Å²) in [6.45, 7) is 4.74. The largest absolute Gasteiger partial charge is 0.477 e. The van der Waals surface area contributed by atoms with Crippen molar-refractivity contribution in [3.63, 3.8) is 0 Å². The van der Waals surface area contributed by atoms with Crippen molar-refractivity contribution in [2.45, 2.75) is 32.3 Å². The first-order chi connectivity index (χ1) is 10.3. The molecule has 0 saturated heterocycles. The van der Waals surface area contributed by atoms with Crippen LogP contribution in [0.5, 0.6) is 5.75 Å². The van der Waals surface area contributed by atoms with Crippen LogP contribution in [0, 0.1) is 0 Å². The molecule has 0 radical (unpaired) electrons. The quantitative estimate of drug-likeness (QED) is 0.721. The predicted molar refractivity (Wildman–Crippen MR) is 82.7 cm³/mol. The number of carbonyl (C=O) groups is 1. The monoisotopic (exact) mass is 292 g/mol. The van der Waals surface area contributed by atoms with Gasteiger partial charge in [-0.2, -0.15) is 0 Å². The molecule has 1 aromatic carbocycles. The van der Waals surface area contributed by atoms with E-state index < -0.39 is 6.10 Å². The summed E-state index contributed by atoms with van der Waals surface area (Å²) in [6, 6.07) is 7.64. The first kappa shape index (κ1) is 15.6. The van der Waals surface area contributed by atoms with Gasteiger partial charge in [-0.05, 0) is 25.0 Å². The highest BCUT2D eigenvalue weighted by molar-refractivity contribution is 5.83. The lowest BCUT2D eigenvalue weighted by atomic mass is 10.2. The van der Waals surface area contributed by atoms with Gasteiger partial charge in [0.25, 0.3) is 5.91 Å². The third-order valence-corrected chi connectivity index (χ3v) is 3.33. The van der Waals surface area contributed by atoms with Crippen LogP contribution in [-0.2, 0) is 9.53 Å². The number of unbranched alkanes of at least 4 members (excludes halogenated alkanes) is 1. The summed E-state index contributed by atoms with van der Waals surface area (Å²) in [6.07, 6.45) is 2.59. The number of carbonyl (C=O) groups excluding carboxylic acids is 1. The van der Waals surface area contributed by atoms with E-state index in [1.54, 1.807) is 0 Å². The van der Waals surface area contributed by atoms with E-state index in [0.717, 1.165) is 37.3 Å². The molecule has 0 saturated carbocycles. The van der Waals surface area contributed by atoms with Gasteiger partial charge in [0.1, 0.15) is 5.75 Å². The van der Waals surface area contributed by atoms with Crippen molar-refractivity contribution >= 4 is 11.6 Å². The average molecular weight is 292 g/mol. The van der Waals surface area contributed by atoms with Crippen LogP contribution >= 0.6 is 0 Å². The van der Waals surface area contributed by atoms with Gasteiger partial charge in [0.2, 0.25) is 0 Å². The molecule has 2 N–H and O–H groups in total. The maximum atomic E-state index is 12.0. The van der Waals surface area contributed by atoms with Crippen LogP contribution in [0.3, 0.4) is 0 Å². The van der Waals surface area contributed by atoms with Crippen molar-refractivity contribution in [2.75, 3.05) is 31.6 Å². The van der Waals surface area contributed by atoms with Crippen LogP contribution in [0.2, 0.25) is 0 Å². The summed E-state index contributed by atoms with van der Waals surface area (Å²) in [5.74, 6) is 0.650. The van der Waals surface area contributed by atoms with E-state index in [0.29, 0.717) is 19.7 Å². The molecule has 1 amide bonds. The summed E-state index contributed by atoms with van der Waals surface area (Å²) in [4.78, 5) is 12.0. The van der Waals surface area contributed by atoms with Crippen molar-refractivity contribution in [2.24, 2.45) is 0 Å². The fraction of sp³-hybridized carbons (Fsp3) is 0.562. The molecule has 5 heteroatoms. The molecular weight excluding hydrogens is 268 g/mol. The lowest BCUT2D eigenvalue weighted by Gasteiger charge is -2.26. The van der Waals surface area contributed by atoms with Gasteiger partial charge >= 0.3 is 0 Å². The van der Waals surface area contributed by atoms with Gasteiger partial charge in [0.05, 0.1) is 12.2 Å². The van der Waals surface area contributed by atoms with Crippen LogP contribution < -0.4 is 15.4 Å². The second kappa shape index (κ2) is 8.52. The Morgan fingerprint density at radius 2 is 2.19 bits per heavy atom. The smallest absolute Gasteiger partial charge is 0.262 e. The zero-order valence-corrected chi connectivity index (χ0v) is 12.6. The molecule has 0 aromatic heterocycles. The molecule has 5 nitrogen and oxygen atoms in total. The maximum absolute atomic E-state index is 12.0. The molecule has 1 aliphatic rings. The standard InChI is InChI=1S/C16H24N2O3/c1-2-3-10-20-11-6-9-17-16(19)15-12-18-13-7-4-5-8-14(13)21-15/h4-5,7-8,15,18H,2-3,6,9-12H2,1H3,(H,17,19). The molecular formula is C16H24N2O3. The van der Waals surface area contributed by atoms with Crippen LogP contribution in [0.1, 0.15) is 26.2 Å². The lowest BCUT2D eigenvalue weighted by Crippen LogP contribution is -2.45. The molecule has 21 heavy (non-hydrogen) atoms. The van der Waals surface area contributed by atoms with E-state index in [2.05, 4.69) is 17.6 Å². The maximum Gasteiger partial charge on any atom is 0.262 e. The van der Waals surface area contributed by atoms with Crippen molar-refractivity contribution in [3.05, 3.63) is 24.3 Å². The highest BCUT2D eigenvalue weighted by atomic mass is 16.5. The first-order valence-corrected chi connectivity index (χ1v) is 7.66. The van der Waals surface area contributed by atoms with Gasteiger partial charge in [-0.3, -0.25) is 4.79 Å². The van der Waals surface area contributed by atoms with E-state index >= 15 is 0 Å². The second-order valence-electron chi connectivity index (χ2n) is 5.09. The Morgan fingerprint density at radius 1 is 1.38 bits per heavy atom. The average Bonchev–Trinajstić information content (AvgIpc) is 2.53. The first-order valence-electron chi connectivity index (χ1n) is 7.66. The van der Waals surface area contributed by atoms with Crippen molar-refractivity contribution in [1.82, 2.24) is 5.32 Å². The molecule has 0 fully saturated rings. The zero-order chi connectivity index (χ0) is 14.9. The molecule has 1 aromatic rings. The molecule has 0 spiro atoms. The number of hydrogen-bond donors (Lipinski definition) is 2. The van der Waals surface area contributed by atoms with E-state index in [1.165, 1.54) is 0 Å². The van der Waals surface area contributed by atoms with E-state index in [9.17, 15) is 4.79 Å². The van der Waals surface area contributed by atoms with Crippen LogP contribution in [0.15, 0.2) is 24.3 Å².